The number of carbonyl (C=O) groups excluding carboxylic acids is 3. The SMILES string of the molecule is CC(C)[C@H](NS(=O)(=O)c1ccccc1F)C(=O)OCC(=O)Nc1sc2c(c1C(N)=O)CCC2. The van der Waals surface area contributed by atoms with Crippen LogP contribution in [0.4, 0.5) is 9.39 Å². The number of primary amides is 1. The van der Waals surface area contributed by atoms with Gasteiger partial charge in [-0.1, -0.05) is 26.0 Å². The van der Waals surface area contributed by atoms with Gasteiger partial charge in [0, 0.05) is 4.88 Å². The molecule has 0 spiro atoms. The summed E-state index contributed by atoms with van der Waals surface area (Å²) in [5, 5.41) is 2.84. The molecule has 3 rings (SSSR count). The molecule has 4 N–H and O–H groups in total. The van der Waals surface area contributed by atoms with Crippen molar-refractivity contribution >= 4 is 44.1 Å². The normalized spacial score (nSPS) is 14.1. The quantitative estimate of drug-likeness (QED) is 0.452. The molecule has 0 bridgehead atoms. The number of amides is 2. The van der Waals surface area contributed by atoms with Gasteiger partial charge in [0.15, 0.2) is 6.61 Å². The van der Waals surface area contributed by atoms with E-state index in [1.807, 2.05) is 0 Å². The lowest BCUT2D eigenvalue weighted by Crippen LogP contribution is -2.46. The van der Waals surface area contributed by atoms with E-state index in [9.17, 15) is 27.2 Å². The van der Waals surface area contributed by atoms with Crippen LogP contribution >= 0.6 is 11.3 Å². The number of nitrogens with two attached hydrogens (primary N) is 1. The van der Waals surface area contributed by atoms with E-state index in [0.717, 1.165) is 35.4 Å². The molecular formula is C21H24FN3O6S2. The second kappa shape index (κ2) is 9.98. The van der Waals surface area contributed by atoms with Gasteiger partial charge in [0.05, 0.1) is 5.56 Å². The van der Waals surface area contributed by atoms with Crippen LogP contribution in [0.3, 0.4) is 0 Å². The van der Waals surface area contributed by atoms with Crippen LogP contribution in [0.25, 0.3) is 0 Å². The molecule has 0 radical (unpaired) electrons. The van der Waals surface area contributed by atoms with E-state index in [1.54, 1.807) is 13.8 Å². The number of benzene rings is 1. The van der Waals surface area contributed by atoms with E-state index in [-0.39, 0.29) is 5.56 Å². The number of anilines is 1. The average Bonchev–Trinajstić information content (AvgIpc) is 3.30. The smallest absolute Gasteiger partial charge is 0.324 e. The number of rotatable bonds is 9. The molecule has 1 atom stereocenters. The van der Waals surface area contributed by atoms with Crippen molar-refractivity contribution in [3.63, 3.8) is 0 Å². The minimum Gasteiger partial charge on any atom is -0.454 e. The maximum absolute atomic E-state index is 13.9. The van der Waals surface area contributed by atoms with Crippen molar-refractivity contribution < 1.29 is 31.9 Å². The maximum Gasteiger partial charge on any atom is 0.324 e. The molecule has 1 aliphatic carbocycles. The third kappa shape index (κ3) is 5.57. The maximum atomic E-state index is 13.9. The Morgan fingerprint density at radius 3 is 2.55 bits per heavy atom. The van der Waals surface area contributed by atoms with Crippen molar-refractivity contribution in [2.45, 2.75) is 44.0 Å². The molecule has 1 aromatic carbocycles. The molecule has 1 aromatic heterocycles. The second-order valence-corrected chi connectivity index (χ2v) is 10.6. The number of hydrogen-bond donors (Lipinski definition) is 3. The van der Waals surface area contributed by atoms with Crippen LogP contribution in [0.5, 0.6) is 0 Å². The van der Waals surface area contributed by atoms with Gasteiger partial charge < -0.3 is 15.8 Å². The number of thiophene rings is 1. The number of sulfonamides is 1. The molecule has 2 aromatic rings. The Labute approximate surface area is 194 Å². The van der Waals surface area contributed by atoms with E-state index >= 15 is 0 Å². The van der Waals surface area contributed by atoms with Crippen LogP contribution in [0.15, 0.2) is 29.2 Å². The van der Waals surface area contributed by atoms with Gasteiger partial charge in [-0.25, -0.2) is 12.8 Å². The Hall–Kier alpha value is -2.83. The highest BCUT2D eigenvalue weighted by Crippen LogP contribution is 2.38. The summed E-state index contributed by atoms with van der Waals surface area (Å²) < 4.78 is 46.2. The molecule has 33 heavy (non-hydrogen) atoms. The number of aryl methyl sites for hydroxylation is 1. The molecular weight excluding hydrogens is 473 g/mol. The highest BCUT2D eigenvalue weighted by molar-refractivity contribution is 7.89. The highest BCUT2D eigenvalue weighted by atomic mass is 32.2. The first-order valence-corrected chi connectivity index (χ1v) is 12.5. The van der Waals surface area contributed by atoms with Crippen LogP contribution in [-0.2, 0) is 37.2 Å². The molecule has 0 saturated carbocycles. The number of carbonyl (C=O) groups is 3. The van der Waals surface area contributed by atoms with Gasteiger partial charge in [-0.3, -0.25) is 14.4 Å². The number of esters is 1. The van der Waals surface area contributed by atoms with Crippen LogP contribution in [0, 0.1) is 11.7 Å². The topological polar surface area (TPSA) is 145 Å². The lowest BCUT2D eigenvalue weighted by Gasteiger charge is -2.21. The summed E-state index contributed by atoms with van der Waals surface area (Å²) >= 11 is 1.26. The number of ether oxygens (including phenoxy) is 1. The molecule has 0 aliphatic heterocycles. The molecule has 0 fully saturated rings. The Balaban J connectivity index is 1.65. The third-order valence-electron chi connectivity index (χ3n) is 5.10. The largest absolute Gasteiger partial charge is 0.454 e. The summed E-state index contributed by atoms with van der Waals surface area (Å²) in [7, 11) is -4.36. The minimum atomic E-state index is -4.36. The summed E-state index contributed by atoms with van der Waals surface area (Å²) in [4.78, 5) is 37.1. The fourth-order valence-electron chi connectivity index (χ4n) is 3.49. The first-order chi connectivity index (χ1) is 15.5. The number of hydrogen-bond acceptors (Lipinski definition) is 7. The zero-order chi connectivity index (χ0) is 24.3. The van der Waals surface area contributed by atoms with E-state index in [1.165, 1.54) is 23.5 Å². The van der Waals surface area contributed by atoms with E-state index < -0.39 is 57.1 Å². The summed E-state index contributed by atoms with van der Waals surface area (Å²) in [6.07, 6.45) is 2.41. The number of nitrogens with one attached hydrogen (secondary N) is 2. The first-order valence-electron chi connectivity index (χ1n) is 10.2. The van der Waals surface area contributed by atoms with Crippen molar-refractivity contribution in [3.05, 3.63) is 46.1 Å². The second-order valence-electron chi connectivity index (χ2n) is 7.86. The molecule has 1 aliphatic rings. The summed E-state index contributed by atoms with van der Waals surface area (Å²) in [6.45, 7) is 2.44. The Bertz CT molecular complexity index is 1190. The van der Waals surface area contributed by atoms with Crippen LogP contribution in [0.1, 0.15) is 41.1 Å². The standard InChI is InChI=1S/C21H24FN3O6S2/c1-11(2)18(25-33(29,30)15-9-4-3-7-13(15)22)21(28)31-10-16(26)24-20-17(19(23)27)12-6-5-8-14(12)32-20/h3-4,7,9,11,18,25H,5-6,8,10H2,1-2H3,(H2,23,27)(H,24,26)/t18-/m0/s1. The van der Waals surface area contributed by atoms with Crippen molar-refractivity contribution in [3.8, 4) is 0 Å². The van der Waals surface area contributed by atoms with Crippen molar-refractivity contribution in [1.82, 2.24) is 4.72 Å². The fourth-order valence-corrected chi connectivity index (χ4v) is 6.21. The van der Waals surface area contributed by atoms with Crippen molar-refractivity contribution in [1.29, 1.82) is 0 Å². The molecule has 178 valence electrons. The molecule has 0 saturated heterocycles. The molecule has 0 unspecified atom stereocenters. The number of fused-ring (bicyclic) bond motifs is 1. The van der Waals surface area contributed by atoms with Gasteiger partial charge in [-0.15, -0.1) is 11.3 Å². The van der Waals surface area contributed by atoms with Gasteiger partial charge in [0.2, 0.25) is 10.0 Å². The highest BCUT2D eigenvalue weighted by Gasteiger charge is 2.32. The van der Waals surface area contributed by atoms with Gasteiger partial charge in [0.1, 0.15) is 21.8 Å². The van der Waals surface area contributed by atoms with Crippen LogP contribution < -0.4 is 15.8 Å². The summed E-state index contributed by atoms with van der Waals surface area (Å²) in [5.74, 6) is -3.87. The lowest BCUT2D eigenvalue weighted by molar-refractivity contribution is -0.150. The van der Waals surface area contributed by atoms with Crippen LogP contribution in [0.2, 0.25) is 0 Å². The van der Waals surface area contributed by atoms with Gasteiger partial charge in [-0.05, 0) is 42.9 Å². The van der Waals surface area contributed by atoms with Gasteiger partial charge in [-0.2, -0.15) is 4.72 Å². The van der Waals surface area contributed by atoms with Crippen molar-refractivity contribution in [2.24, 2.45) is 11.7 Å². The van der Waals surface area contributed by atoms with Crippen LogP contribution in [-0.4, -0.2) is 38.9 Å². The van der Waals surface area contributed by atoms with Crippen molar-refractivity contribution in [2.75, 3.05) is 11.9 Å². The van der Waals surface area contributed by atoms with E-state index in [4.69, 9.17) is 10.5 Å². The predicted octanol–water partition coefficient (Wildman–Crippen LogP) is 1.96. The average molecular weight is 498 g/mol. The zero-order valence-electron chi connectivity index (χ0n) is 18.0. The Kier molecular flexibility index (Phi) is 7.50. The predicted molar refractivity (Wildman–Crippen MR) is 120 cm³/mol. The molecule has 1 heterocycles. The molecule has 2 amide bonds. The lowest BCUT2D eigenvalue weighted by atomic mass is 10.1. The zero-order valence-corrected chi connectivity index (χ0v) is 19.6. The number of halogens is 1. The van der Waals surface area contributed by atoms with Gasteiger partial charge in [0.25, 0.3) is 11.8 Å². The third-order valence-corrected chi connectivity index (χ3v) is 7.78. The first kappa shape index (κ1) is 24.8. The monoisotopic (exact) mass is 497 g/mol. The van der Waals surface area contributed by atoms with E-state index in [0.29, 0.717) is 11.4 Å². The molecule has 9 nitrogen and oxygen atoms in total. The van der Waals surface area contributed by atoms with E-state index in [2.05, 4.69) is 10.0 Å². The molecule has 12 heteroatoms. The van der Waals surface area contributed by atoms with Gasteiger partial charge >= 0.3 is 5.97 Å². The Morgan fingerprint density at radius 1 is 1.21 bits per heavy atom. The Morgan fingerprint density at radius 2 is 1.91 bits per heavy atom. The fraction of sp³-hybridized carbons (Fsp3) is 0.381. The summed E-state index contributed by atoms with van der Waals surface area (Å²) in [6, 6.07) is 3.40. The summed E-state index contributed by atoms with van der Waals surface area (Å²) in [5.41, 5.74) is 6.56. The minimum absolute atomic E-state index is 0.268.